The largest absolute Gasteiger partial charge is 0.465 e. The highest BCUT2D eigenvalue weighted by Crippen LogP contribution is 2.38. The number of nitrogens with one attached hydrogen (secondary N) is 1. The van der Waals surface area contributed by atoms with Crippen molar-refractivity contribution in [1.82, 2.24) is 4.90 Å². The van der Waals surface area contributed by atoms with Crippen molar-refractivity contribution in [3.63, 3.8) is 0 Å². The summed E-state index contributed by atoms with van der Waals surface area (Å²) in [6, 6.07) is 9.91. The number of hydrogen-bond acceptors (Lipinski definition) is 7. The fourth-order valence-corrected chi connectivity index (χ4v) is 5.85. The number of nitrogens with zero attached hydrogens (tertiary/aromatic N) is 3. The SMILES string of the molecule is COC(=O)c1c(NC(=O)CN2CCCN(c3ccccc3C#N)CC2)sc2c1CCCC2. The van der Waals surface area contributed by atoms with Gasteiger partial charge in [-0.1, -0.05) is 12.1 Å². The van der Waals surface area contributed by atoms with Crippen LogP contribution in [-0.4, -0.2) is 56.6 Å². The van der Waals surface area contributed by atoms with Gasteiger partial charge in [-0.05, 0) is 49.8 Å². The van der Waals surface area contributed by atoms with Gasteiger partial charge in [-0.25, -0.2) is 4.79 Å². The summed E-state index contributed by atoms with van der Waals surface area (Å²) >= 11 is 1.51. The Labute approximate surface area is 192 Å². The minimum Gasteiger partial charge on any atom is -0.465 e. The minimum absolute atomic E-state index is 0.111. The van der Waals surface area contributed by atoms with E-state index in [-0.39, 0.29) is 18.4 Å². The van der Waals surface area contributed by atoms with Gasteiger partial charge in [0.2, 0.25) is 5.91 Å². The molecule has 2 aliphatic rings. The maximum Gasteiger partial charge on any atom is 0.341 e. The van der Waals surface area contributed by atoms with Gasteiger partial charge in [0.1, 0.15) is 11.1 Å². The average molecular weight is 453 g/mol. The summed E-state index contributed by atoms with van der Waals surface area (Å²) in [5.74, 6) is -0.485. The Hall–Kier alpha value is -2.89. The molecule has 0 unspecified atom stereocenters. The number of ether oxygens (including phenoxy) is 1. The molecule has 0 saturated carbocycles. The summed E-state index contributed by atoms with van der Waals surface area (Å²) in [6.07, 6.45) is 4.89. The number of thiophene rings is 1. The highest BCUT2D eigenvalue weighted by Gasteiger charge is 2.27. The number of benzene rings is 1. The maximum atomic E-state index is 12.9. The number of rotatable bonds is 5. The zero-order chi connectivity index (χ0) is 22.5. The third-order valence-electron chi connectivity index (χ3n) is 6.13. The van der Waals surface area contributed by atoms with Crippen molar-refractivity contribution in [2.45, 2.75) is 32.1 Å². The number of carbonyl (C=O) groups excluding carboxylic acids is 2. The topological polar surface area (TPSA) is 85.7 Å². The molecule has 1 aliphatic heterocycles. The second kappa shape index (κ2) is 10.2. The Balaban J connectivity index is 1.40. The molecule has 0 spiro atoms. The van der Waals surface area contributed by atoms with Crippen molar-refractivity contribution in [3.8, 4) is 6.07 Å². The van der Waals surface area contributed by atoms with E-state index in [9.17, 15) is 14.9 Å². The number of nitriles is 1. The molecule has 1 fully saturated rings. The van der Waals surface area contributed by atoms with Crippen LogP contribution in [0.3, 0.4) is 0 Å². The van der Waals surface area contributed by atoms with Crippen molar-refractivity contribution in [2.75, 3.05) is 50.1 Å². The molecule has 0 atom stereocenters. The molecule has 1 aromatic heterocycles. The maximum absolute atomic E-state index is 12.9. The lowest BCUT2D eigenvalue weighted by atomic mass is 9.95. The summed E-state index contributed by atoms with van der Waals surface area (Å²) in [4.78, 5) is 30.8. The van der Waals surface area contributed by atoms with Crippen LogP contribution in [-0.2, 0) is 22.4 Å². The number of hydrogen-bond donors (Lipinski definition) is 1. The number of carbonyl (C=O) groups is 2. The van der Waals surface area contributed by atoms with Crippen LogP contribution in [0.5, 0.6) is 0 Å². The van der Waals surface area contributed by atoms with Gasteiger partial charge in [0.25, 0.3) is 0 Å². The fourth-order valence-electron chi connectivity index (χ4n) is 4.56. The Morgan fingerprint density at radius 2 is 1.94 bits per heavy atom. The molecule has 1 amide bonds. The van der Waals surface area contributed by atoms with Crippen molar-refractivity contribution >= 4 is 33.9 Å². The zero-order valence-corrected chi connectivity index (χ0v) is 19.2. The third-order valence-corrected chi connectivity index (χ3v) is 7.34. The summed E-state index contributed by atoms with van der Waals surface area (Å²) in [6.45, 7) is 3.42. The fraction of sp³-hybridized carbons (Fsp3) is 0.458. The van der Waals surface area contributed by atoms with E-state index in [1.807, 2.05) is 24.3 Å². The van der Waals surface area contributed by atoms with Crippen LogP contribution in [0.1, 0.15) is 45.6 Å². The first-order valence-electron chi connectivity index (χ1n) is 11.1. The Morgan fingerprint density at radius 3 is 2.75 bits per heavy atom. The number of amides is 1. The quantitative estimate of drug-likeness (QED) is 0.700. The van der Waals surface area contributed by atoms with Crippen molar-refractivity contribution < 1.29 is 14.3 Å². The van der Waals surface area contributed by atoms with E-state index in [2.05, 4.69) is 21.2 Å². The lowest BCUT2D eigenvalue weighted by Gasteiger charge is -2.24. The van der Waals surface area contributed by atoms with Crippen LogP contribution < -0.4 is 10.2 Å². The first-order valence-corrected chi connectivity index (χ1v) is 11.9. The lowest BCUT2D eigenvalue weighted by molar-refractivity contribution is -0.117. The Kier molecular flexibility index (Phi) is 7.08. The molecule has 2 aromatic rings. The van der Waals surface area contributed by atoms with E-state index in [4.69, 9.17) is 4.74 Å². The molecular formula is C24H28N4O3S. The monoisotopic (exact) mass is 452 g/mol. The molecule has 7 nitrogen and oxygen atoms in total. The van der Waals surface area contributed by atoms with Crippen LogP contribution in [0.4, 0.5) is 10.7 Å². The summed E-state index contributed by atoms with van der Waals surface area (Å²) in [5.41, 5.74) is 3.21. The van der Waals surface area contributed by atoms with Crippen LogP contribution >= 0.6 is 11.3 Å². The number of fused-ring (bicyclic) bond motifs is 1. The molecule has 8 heteroatoms. The molecule has 1 N–H and O–H groups in total. The summed E-state index contributed by atoms with van der Waals surface area (Å²) in [7, 11) is 1.38. The predicted molar refractivity (Wildman–Crippen MR) is 125 cm³/mol. The summed E-state index contributed by atoms with van der Waals surface area (Å²) < 4.78 is 5.00. The van der Waals surface area contributed by atoms with Gasteiger partial charge in [-0.3, -0.25) is 9.69 Å². The zero-order valence-electron chi connectivity index (χ0n) is 18.4. The molecule has 1 aliphatic carbocycles. The van der Waals surface area contributed by atoms with Gasteiger partial charge in [0.15, 0.2) is 0 Å². The van der Waals surface area contributed by atoms with E-state index in [1.165, 1.54) is 23.3 Å². The molecule has 2 heterocycles. The molecule has 4 rings (SSSR count). The average Bonchev–Trinajstić information content (AvgIpc) is 3.01. The molecular weight excluding hydrogens is 424 g/mol. The molecule has 0 radical (unpaired) electrons. The molecule has 0 bridgehead atoms. The van der Waals surface area contributed by atoms with Gasteiger partial charge in [-0.15, -0.1) is 11.3 Å². The summed E-state index contributed by atoms with van der Waals surface area (Å²) in [5, 5.41) is 13.0. The Bertz CT molecular complexity index is 1040. The van der Waals surface area contributed by atoms with Gasteiger partial charge >= 0.3 is 5.97 Å². The predicted octanol–water partition coefficient (Wildman–Crippen LogP) is 3.44. The smallest absolute Gasteiger partial charge is 0.341 e. The first kappa shape index (κ1) is 22.3. The Morgan fingerprint density at radius 1 is 1.12 bits per heavy atom. The van der Waals surface area contributed by atoms with Gasteiger partial charge in [0.05, 0.1) is 30.5 Å². The third kappa shape index (κ3) is 4.79. The van der Waals surface area contributed by atoms with E-state index >= 15 is 0 Å². The highest BCUT2D eigenvalue weighted by molar-refractivity contribution is 7.17. The van der Waals surface area contributed by atoms with E-state index in [0.29, 0.717) is 16.1 Å². The second-order valence-electron chi connectivity index (χ2n) is 8.20. The highest BCUT2D eigenvalue weighted by atomic mass is 32.1. The molecule has 1 saturated heterocycles. The van der Waals surface area contributed by atoms with Gasteiger partial charge in [-0.2, -0.15) is 5.26 Å². The van der Waals surface area contributed by atoms with Crippen LogP contribution in [0, 0.1) is 11.3 Å². The van der Waals surface area contributed by atoms with Crippen molar-refractivity contribution in [2.24, 2.45) is 0 Å². The molecule has 168 valence electrons. The number of esters is 1. The van der Waals surface area contributed by atoms with Gasteiger partial charge < -0.3 is 15.0 Å². The molecule has 1 aromatic carbocycles. The number of aryl methyl sites for hydroxylation is 1. The standard InChI is InChI=1S/C24H28N4O3S/c1-31-24(30)22-18-8-3-5-10-20(18)32-23(22)26-21(29)16-27-11-6-12-28(14-13-27)19-9-4-2-7-17(19)15-25/h2,4,7,9H,3,5-6,8,10-14,16H2,1H3,(H,26,29). The van der Waals surface area contributed by atoms with Gasteiger partial charge in [0, 0.05) is 31.1 Å². The van der Waals surface area contributed by atoms with Crippen LogP contribution in [0.2, 0.25) is 0 Å². The van der Waals surface area contributed by atoms with E-state index < -0.39 is 0 Å². The van der Waals surface area contributed by atoms with Crippen LogP contribution in [0.15, 0.2) is 24.3 Å². The second-order valence-corrected chi connectivity index (χ2v) is 9.31. The first-order chi connectivity index (χ1) is 15.6. The van der Waals surface area contributed by atoms with Crippen molar-refractivity contribution in [3.05, 3.63) is 45.8 Å². The van der Waals surface area contributed by atoms with Crippen LogP contribution in [0.25, 0.3) is 0 Å². The number of anilines is 2. The van der Waals surface area contributed by atoms with E-state index in [0.717, 1.165) is 69.5 Å². The minimum atomic E-state index is -0.374. The van der Waals surface area contributed by atoms with Crippen molar-refractivity contribution in [1.29, 1.82) is 5.26 Å². The number of methoxy groups -OCH3 is 1. The molecule has 32 heavy (non-hydrogen) atoms. The lowest BCUT2D eigenvalue weighted by Crippen LogP contribution is -2.36. The normalized spacial score (nSPS) is 16.6. The van der Waals surface area contributed by atoms with E-state index in [1.54, 1.807) is 0 Å². The number of para-hydroxylation sites is 1.